The lowest BCUT2D eigenvalue weighted by Crippen LogP contribution is -2.58. The summed E-state index contributed by atoms with van der Waals surface area (Å²) in [6.07, 6.45) is -0.808. The summed E-state index contributed by atoms with van der Waals surface area (Å²) in [5.41, 5.74) is -0.395. The van der Waals surface area contributed by atoms with E-state index in [1.165, 1.54) is 24.3 Å². The average Bonchev–Trinajstić information content (AvgIpc) is 2.69. The van der Waals surface area contributed by atoms with E-state index >= 15 is 0 Å². The third-order valence-electron chi connectivity index (χ3n) is 5.41. The first-order valence-electron chi connectivity index (χ1n) is 8.51. The Bertz CT molecular complexity index is 1040. The van der Waals surface area contributed by atoms with Gasteiger partial charge >= 0.3 is 0 Å². The first kappa shape index (κ1) is 19.3. The second-order valence-corrected chi connectivity index (χ2v) is 9.36. The fourth-order valence-corrected chi connectivity index (χ4v) is 6.57. The van der Waals surface area contributed by atoms with Crippen molar-refractivity contribution in [2.24, 2.45) is 5.92 Å². The van der Waals surface area contributed by atoms with Crippen LogP contribution in [-0.4, -0.2) is 34.0 Å². The SMILES string of the molecule is O=C[C@@H]1OCC[C@@]2(S(=O)(=O)c3ccc(Cl)cc3)c3c(F)ccc(F)c3OC[C@@H]12. The maximum Gasteiger partial charge on any atom is 0.189 e. The molecule has 0 radical (unpaired) electrons. The molecule has 9 heteroatoms. The number of fused-ring (bicyclic) bond motifs is 3. The van der Waals surface area contributed by atoms with Gasteiger partial charge in [0.25, 0.3) is 0 Å². The van der Waals surface area contributed by atoms with Crippen molar-refractivity contribution in [1.29, 1.82) is 0 Å². The van der Waals surface area contributed by atoms with Gasteiger partial charge < -0.3 is 14.3 Å². The van der Waals surface area contributed by atoms with Crippen molar-refractivity contribution in [1.82, 2.24) is 0 Å². The van der Waals surface area contributed by atoms with Crippen molar-refractivity contribution in [3.05, 3.63) is 58.6 Å². The molecule has 0 bridgehead atoms. The van der Waals surface area contributed by atoms with Crippen molar-refractivity contribution < 1.29 is 31.5 Å². The van der Waals surface area contributed by atoms with Crippen molar-refractivity contribution in [2.45, 2.75) is 22.2 Å². The highest BCUT2D eigenvalue weighted by Crippen LogP contribution is 2.55. The van der Waals surface area contributed by atoms with Gasteiger partial charge in [-0.3, -0.25) is 0 Å². The van der Waals surface area contributed by atoms with Gasteiger partial charge in [-0.05, 0) is 42.8 Å². The van der Waals surface area contributed by atoms with E-state index in [0.717, 1.165) is 12.1 Å². The summed E-state index contributed by atoms with van der Waals surface area (Å²) in [6.45, 7) is -0.411. The van der Waals surface area contributed by atoms with Crippen molar-refractivity contribution in [3.63, 3.8) is 0 Å². The van der Waals surface area contributed by atoms with Crippen LogP contribution in [0, 0.1) is 17.6 Å². The summed E-state index contributed by atoms with van der Waals surface area (Å²) in [7, 11) is -4.28. The molecule has 0 aromatic heterocycles. The summed E-state index contributed by atoms with van der Waals surface area (Å²) >= 11 is 5.87. The summed E-state index contributed by atoms with van der Waals surface area (Å²) in [5.74, 6) is -3.26. The predicted molar refractivity (Wildman–Crippen MR) is 96.1 cm³/mol. The lowest BCUT2D eigenvalue weighted by molar-refractivity contribution is -0.131. The third-order valence-corrected chi connectivity index (χ3v) is 8.22. The molecule has 0 saturated carbocycles. The monoisotopic (exact) mass is 428 g/mol. The van der Waals surface area contributed by atoms with Crippen LogP contribution < -0.4 is 4.74 Å². The van der Waals surface area contributed by atoms with Crippen LogP contribution in [0.3, 0.4) is 0 Å². The Labute approximate surface area is 165 Å². The summed E-state index contributed by atoms with van der Waals surface area (Å²) < 4.78 is 65.8. The average molecular weight is 429 g/mol. The zero-order chi connectivity index (χ0) is 20.1. The number of hydrogen-bond acceptors (Lipinski definition) is 5. The maximum atomic E-state index is 14.9. The van der Waals surface area contributed by atoms with E-state index in [2.05, 4.69) is 0 Å². The Morgan fingerprint density at radius 1 is 1.11 bits per heavy atom. The van der Waals surface area contributed by atoms with Gasteiger partial charge in [-0.1, -0.05) is 11.6 Å². The molecule has 4 rings (SSSR count). The molecule has 0 aliphatic carbocycles. The van der Waals surface area contributed by atoms with E-state index < -0.39 is 49.6 Å². The van der Waals surface area contributed by atoms with Crippen LogP contribution in [-0.2, 0) is 24.1 Å². The molecular weight excluding hydrogens is 414 g/mol. The van der Waals surface area contributed by atoms with E-state index in [0.29, 0.717) is 11.3 Å². The molecule has 0 amide bonds. The lowest BCUT2D eigenvalue weighted by atomic mass is 9.76. The molecule has 0 spiro atoms. The number of carbonyl (C=O) groups excluding carboxylic acids is 1. The molecule has 0 N–H and O–H groups in total. The van der Waals surface area contributed by atoms with Crippen LogP contribution >= 0.6 is 11.6 Å². The highest BCUT2D eigenvalue weighted by atomic mass is 35.5. The first-order chi connectivity index (χ1) is 13.3. The number of sulfone groups is 1. The number of rotatable bonds is 3. The molecule has 148 valence electrons. The van der Waals surface area contributed by atoms with Crippen LogP contribution in [0.15, 0.2) is 41.3 Å². The molecule has 3 atom stereocenters. The minimum Gasteiger partial charge on any atom is -0.490 e. The van der Waals surface area contributed by atoms with Gasteiger partial charge in [0, 0.05) is 11.6 Å². The molecule has 2 aromatic carbocycles. The Balaban J connectivity index is 2.05. The Morgan fingerprint density at radius 2 is 1.79 bits per heavy atom. The third kappa shape index (κ3) is 2.58. The van der Waals surface area contributed by atoms with Crippen LogP contribution in [0.5, 0.6) is 5.75 Å². The molecule has 2 aliphatic rings. The minimum atomic E-state index is -4.28. The second-order valence-electron chi connectivity index (χ2n) is 6.72. The van der Waals surface area contributed by atoms with E-state index in [9.17, 15) is 22.0 Å². The minimum absolute atomic E-state index is 0.107. The van der Waals surface area contributed by atoms with Crippen LogP contribution in [0.4, 0.5) is 8.78 Å². The summed E-state index contributed by atoms with van der Waals surface area (Å²) in [5, 5.41) is 0.329. The first-order valence-corrected chi connectivity index (χ1v) is 10.4. The summed E-state index contributed by atoms with van der Waals surface area (Å²) in [4.78, 5) is 11.5. The fraction of sp³-hybridized carbons (Fsp3) is 0.316. The topological polar surface area (TPSA) is 69.7 Å². The number of carbonyl (C=O) groups is 1. The summed E-state index contributed by atoms with van der Waals surface area (Å²) in [6, 6.07) is 7.16. The molecule has 0 unspecified atom stereocenters. The van der Waals surface area contributed by atoms with E-state index in [-0.39, 0.29) is 24.5 Å². The van der Waals surface area contributed by atoms with Crippen molar-refractivity contribution in [3.8, 4) is 5.75 Å². The van der Waals surface area contributed by atoms with Gasteiger partial charge in [0.15, 0.2) is 21.4 Å². The zero-order valence-electron chi connectivity index (χ0n) is 14.4. The quantitative estimate of drug-likeness (QED) is 0.702. The highest BCUT2D eigenvalue weighted by Gasteiger charge is 2.61. The molecule has 2 aliphatic heterocycles. The van der Waals surface area contributed by atoms with Crippen LogP contribution in [0.1, 0.15) is 12.0 Å². The number of benzene rings is 2. The Morgan fingerprint density at radius 3 is 2.46 bits per heavy atom. The maximum absolute atomic E-state index is 14.9. The van der Waals surface area contributed by atoms with Gasteiger partial charge in [-0.15, -0.1) is 0 Å². The van der Waals surface area contributed by atoms with E-state index in [1.54, 1.807) is 0 Å². The highest BCUT2D eigenvalue weighted by molar-refractivity contribution is 7.92. The van der Waals surface area contributed by atoms with Crippen LogP contribution in [0.25, 0.3) is 0 Å². The lowest BCUT2D eigenvalue weighted by Gasteiger charge is -2.48. The molecule has 28 heavy (non-hydrogen) atoms. The largest absolute Gasteiger partial charge is 0.490 e. The van der Waals surface area contributed by atoms with Crippen LogP contribution in [0.2, 0.25) is 5.02 Å². The predicted octanol–water partition coefficient (Wildman–Crippen LogP) is 3.28. The van der Waals surface area contributed by atoms with Gasteiger partial charge in [0.2, 0.25) is 0 Å². The van der Waals surface area contributed by atoms with E-state index in [4.69, 9.17) is 21.1 Å². The van der Waals surface area contributed by atoms with Gasteiger partial charge in [0.05, 0.1) is 23.0 Å². The van der Waals surface area contributed by atoms with Gasteiger partial charge in [-0.2, -0.15) is 0 Å². The Hall–Kier alpha value is -2.03. The number of halogens is 3. The number of hydrogen-bond donors (Lipinski definition) is 0. The fourth-order valence-electron chi connectivity index (χ4n) is 4.12. The number of aldehydes is 1. The Kier molecular flexibility index (Phi) is 4.68. The smallest absolute Gasteiger partial charge is 0.189 e. The van der Waals surface area contributed by atoms with Crippen molar-refractivity contribution >= 4 is 27.7 Å². The van der Waals surface area contributed by atoms with Gasteiger partial charge in [-0.25, -0.2) is 17.2 Å². The molecular formula is C19H15ClF2O5S. The second kappa shape index (κ2) is 6.79. The standard InChI is InChI=1S/C19H15ClF2O5S/c20-11-1-3-12(4-2-11)28(24,25)19-7-8-26-16(9-23)13(19)10-27-18-15(22)6-5-14(21)17(18)19/h1-6,9,13,16H,7-8,10H2/t13-,16-,19-/m0/s1. The molecule has 1 fully saturated rings. The molecule has 2 heterocycles. The molecule has 1 saturated heterocycles. The van der Waals surface area contributed by atoms with Gasteiger partial charge in [0.1, 0.15) is 23.0 Å². The van der Waals surface area contributed by atoms with E-state index in [1.807, 2.05) is 0 Å². The molecule has 5 nitrogen and oxygen atoms in total. The normalized spacial score (nSPS) is 26.7. The van der Waals surface area contributed by atoms with Crippen molar-refractivity contribution in [2.75, 3.05) is 13.2 Å². The number of ether oxygens (including phenoxy) is 2. The zero-order valence-corrected chi connectivity index (χ0v) is 16.0. The molecule has 2 aromatic rings.